The van der Waals surface area contributed by atoms with Crippen LogP contribution in [0.4, 0.5) is 5.69 Å². The summed E-state index contributed by atoms with van der Waals surface area (Å²) >= 11 is 1.14. The minimum Gasteiger partial charge on any atom is -0.463 e. The number of fused-ring (bicyclic) bond motifs is 2. The predicted molar refractivity (Wildman–Crippen MR) is 151 cm³/mol. The molecule has 1 amide bonds. The van der Waals surface area contributed by atoms with Gasteiger partial charge in [-0.2, -0.15) is 0 Å². The van der Waals surface area contributed by atoms with Crippen LogP contribution in [0.5, 0.6) is 5.75 Å². The highest BCUT2D eigenvalue weighted by molar-refractivity contribution is 7.07. The molecule has 3 heterocycles. The zero-order chi connectivity index (χ0) is 28.6. The van der Waals surface area contributed by atoms with E-state index in [1.807, 2.05) is 24.3 Å². The maximum atomic E-state index is 14.2. The minimum atomic E-state index is -0.848. The largest absolute Gasteiger partial charge is 0.463 e. The van der Waals surface area contributed by atoms with Crippen LogP contribution in [-0.2, 0) is 19.1 Å². The Labute approximate surface area is 234 Å². The third-order valence-electron chi connectivity index (χ3n) is 6.84. The first-order chi connectivity index (χ1) is 19.3. The Hall–Kier alpha value is -4.31. The lowest BCUT2D eigenvalue weighted by Gasteiger charge is -2.24. The van der Waals surface area contributed by atoms with E-state index in [0.717, 1.165) is 29.9 Å². The quantitative estimate of drug-likeness (QED) is 0.325. The third-order valence-corrected chi connectivity index (χ3v) is 7.89. The molecule has 40 heavy (non-hydrogen) atoms. The van der Waals surface area contributed by atoms with E-state index in [1.54, 1.807) is 43.0 Å². The number of aromatic nitrogens is 1. The summed E-state index contributed by atoms with van der Waals surface area (Å²) in [6, 6.07) is 13.2. The van der Waals surface area contributed by atoms with Crippen molar-refractivity contribution in [1.29, 1.82) is 0 Å². The first kappa shape index (κ1) is 27.3. The van der Waals surface area contributed by atoms with Gasteiger partial charge in [0.25, 0.3) is 11.5 Å². The fraction of sp³-hybridized carbons (Fsp3) is 0.300. The zero-order valence-electron chi connectivity index (χ0n) is 22.7. The van der Waals surface area contributed by atoms with Crippen molar-refractivity contribution < 1.29 is 23.9 Å². The highest BCUT2D eigenvalue weighted by Crippen LogP contribution is 2.36. The van der Waals surface area contributed by atoms with Gasteiger partial charge in [-0.1, -0.05) is 55.0 Å². The van der Waals surface area contributed by atoms with Crippen LogP contribution in [-0.4, -0.2) is 35.6 Å². The molecule has 0 bridgehead atoms. The van der Waals surface area contributed by atoms with Crippen LogP contribution in [0.15, 0.2) is 69.6 Å². The van der Waals surface area contributed by atoms with Crippen LogP contribution in [0.3, 0.4) is 0 Å². The summed E-state index contributed by atoms with van der Waals surface area (Å²) in [6.45, 7) is 7.49. The van der Waals surface area contributed by atoms with Crippen molar-refractivity contribution >= 4 is 40.4 Å². The van der Waals surface area contributed by atoms with Gasteiger partial charge in [-0.15, -0.1) is 0 Å². The molecule has 9 nitrogen and oxygen atoms in total. The van der Waals surface area contributed by atoms with Gasteiger partial charge in [0, 0.05) is 19.0 Å². The van der Waals surface area contributed by atoms with Crippen molar-refractivity contribution in [1.82, 2.24) is 4.57 Å². The SMILES string of the molecule is CCCCN1C(=O)C(=c2sc3n(c2=O)C(c2ccc(OC(C)=O)cc2)C(C(=O)OCC)=C(C)N=3)c2ccccc21. The number of anilines is 1. The molecule has 0 fully saturated rings. The van der Waals surface area contributed by atoms with Gasteiger partial charge in [0.05, 0.1) is 35.2 Å². The van der Waals surface area contributed by atoms with E-state index >= 15 is 0 Å². The topological polar surface area (TPSA) is 107 Å². The van der Waals surface area contributed by atoms with Gasteiger partial charge in [0.2, 0.25) is 0 Å². The number of hydrogen-bond acceptors (Lipinski definition) is 8. The second-order valence-corrected chi connectivity index (χ2v) is 10.5. The maximum Gasteiger partial charge on any atom is 0.338 e. The molecule has 206 valence electrons. The van der Waals surface area contributed by atoms with Crippen LogP contribution >= 0.6 is 11.3 Å². The molecule has 0 saturated carbocycles. The molecule has 0 radical (unpaired) electrons. The third kappa shape index (κ3) is 4.68. The molecule has 0 N–H and O–H groups in total. The first-order valence-electron chi connectivity index (χ1n) is 13.2. The lowest BCUT2D eigenvalue weighted by Crippen LogP contribution is -2.41. The number of nitrogens with zero attached hydrogens (tertiary/aromatic N) is 3. The fourth-order valence-corrected chi connectivity index (χ4v) is 6.22. The summed E-state index contributed by atoms with van der Waals surface area (Å²) in [6.07, 6.45) is 1.76. The van der Waals surface area contributed by atoms with Gasteiger partial charge in [-0.05, 0) is 44.0 Å². The Kier molecular flexibility index (Phi) is 7.53. The molecule has 5 rings (SSSR count). The van der Waals surface area contributed by atoms with Crippen LogP contribution in [0.1, 0.15) is 57.7 Å². The summed E-state index contributed by atoms with van der Waals surface area (Å²) in [5, 5.41) is 0. The van der Waals surface area contributed by atoms with E-state index in [2.05, 4.69) is 11.9 Å². The van der Waals surface area contributed by atoms with Gasteiger partial charge < -0.3 is 14.4 Å². The fourth-order valence-electron chi connectivity index (χ4n) is 5.08. The number of para-hydroxylation sites is 1. The molecule has 0 aliphatic carbocycles. The standard InChI is InChI=1S/C30H29N3O6S/c1-5-7-16-32-22-11-9-8-10-21(22)24(27(32)35)26-28(36)33-25(19-12-14-20(15-13-19)39-18(4)34)23(29(37)38-6-2)17(3)31-30(33)40-26/h8-15,25H,5-7,16H2,1-4H3. The molecular formula is C30H29N3O6S. The summed E-state index contributed by atoms with van der Waals surface area (Å²) in [7, 11) is 0. The first-order valence-corrected chi connectivity index (χ1v) is 14.0. The number of hydrogen-bond donors (Lipinski definition) is 0. The molecule has 1 aromatic heterocycles. The normalized spacial score (nSPS) is 17.4. The van der Waals surface area contributed by atoms with Gasteiger partial charge in [0.15, 0.2) is 4.80 Å². The average molecular weight is 560 g/mol. The molecule has 0 saturated heterocycles. The maximum absolute atomic E-state index is 14.2. The molecule has 2 aromatic carbocycles. The number of benzene rings is 2. The number of carbonyl (C=O) groups is 3. The van der Waals surface area contributed by atoms with Crippen molar-refractivity contribution in [3.05, 3.63) is 90.6 Å². The average Bonchev–Trinajstić information content (AvgIpc) is 3.39. The highest BCUT2D eigenvalue weighted by Gasteiger charge is 2.37. The van der Waals surface area contributed by atoms with Gasteiger partial charge in [-0.25, -0.2) is 9.79 Å². The van der Waals surface area contributed by atoms with Crippen LogP contribution in [0.25, 0.3) is 5.57 Å². The van der Waals surface area contributed by atoms with Gasteiger partial charge in [0.1, 0.15) is 10.3 Å². The van der Waals surface area contributed by atoms with Crippen molar-refractivity contribution in [3.63, 3.8) is 0 Å². The van der Waals surface area contributed by atoms with Crippen molar-refractivity contribution in [3.8, 4) is 5.75 Å². The number of thiazole rings is 1. The summed E-state index contributed by atoms with van der Waals surface area (Å²) in [4.78, 5) is 59.2. The lowest BCUT2D eigenvalue weighted by molar-refractivity contribution is -0.139. The van der Waals surface area contributed by atoms with Gasteiger partial charge >= 0.3 is 11.9 Å². The summed E-state index contributed by atoms with van der Waals surface area (Å²) in [5.74, 6) is -0.920. The second-order valence-electron chi connectivity index (χ2n) is 9.49. The highest BCUT2D eigenvalue weighted by atomic mass is 32.1. The van der Waals surface area contributed by atoms with Crippen LogP contribution < -0.4 is 24.5 Å². The van der Waals surface area contributed by atoms with Crippen LogP contribution in [0.2, 0.25) is 0 Å². The summed E-state index contributed by atoms with van der Waals surface area (Å²) < 4.78 is 12.2. The molecule has 0 spiro atoms. The molecule has 1 atom stereocenters. The Morgan fingerprint density at radius 1 is 1.05 bits per heavy atom. The second kappa shape index (κ2) is 11.1. The lowest BCUT2D eigenvalue weighted by atomic mass is 9.96. The van der Waals surface area contributed by atoms with Crippen molar-refractivity contribution in [2.75, 3.05) is 18.1 Å². The smallest absolute Gasteiger partial charge is 0.338 e. The van der Waals surface area contributed by atoms with Crippen molar-refractivity contribution in [2.24, 2.45) is 4.99 Å². The zero-order valence-corrected chi connectivity index (χ0v) is 23.5. The number of carbonyl (C=O) groups excluding carboxylic acids is 3. The molecular weight excluding hydrogens is 530 g/mol. The molecule has 3 aromatic rings. The van der Waals surface area contributed by atoms with Crippen LogP contribution in [0, 0.1) is 0 Å². The van der Waals surface area contributed by atoms with E-state index in [0.29, 0.717) is 39.5 Å². The molecule has 2 aliphatic rings. The van der Waals surface area contributed by atoms with Crippen molar-refractivity contribution in [2.45, 2.75) is 46.6 Å². The molecule has 10 heteroatoms. The Morgan fingerprint density at radius 3 is 2.45 bits per heavy atom. The number of allylic oxidation sites excluding steroid dienone is 1. The number of rotatable bonds is 7. The Morgan fingerprint density at radius 2 is 1.77 bits per heavy atom. The Bertz CT molecular complexity index is 1730. The number of ether oxygens (including phenoxy) is 2. The molecule has 1 unspecified atom stereocenters. The van der Waals surface area contributed by atoms with E-state index in [4.69, 9.17) is 9.47 Å². The number of unbranched alkanes of at least 4 members (excludes halogenated alkanes) is 1. The minimum absolute atomic E-state index is 0.154. The summed E-state index contributed by atoms with van der Waals surface area (Å²) in [5.41, 5.74) is 2.68. The van der Waals surface area contributed by atoms with Gasteiger partial charge in [-0.3, -0.25) is 19.0 Å². The van der Waals surface area contributed by atoms with E-state index in [-0.39, 0.29) is 22.6 Å². The Balaban J connectivity index is 1.74. The predicted octanol–water partition coefficient (Wildman–Crippen LogP) is 3.24. The molecule has 2 aliphatic heterocycles. The number of esters is 2. The van der Waals surface area contributed by atoms with E-state index in [9.17, 15) is 19.2 Å². The van der Waals surface area contributed by atoms with E-state index in [1.165, 1.54) is 11.5 Å². The number of amides is 1. The van der Waals surface area contributed by atoms with E-state index < -0.39 is 23.5 Å². The monoisotopic (exact) mass is 559 g/mol.